The highest BCUT2D eigenvalue weighted by Gasteiger charge is 2.25. The number of likely N-dealkylation sites (tertiary alicyclic amines) is 1. The summed E-state index contributed by atoms with van der Waals surface area (Å²) in [7, 11) is 0. The number of urea groups is 1. The molecule has 0 aliphatic carbocycles. The van der Waals surface area contributed by atoms with Crippen LogP contribution in [0.2, 0.25) is 0 Å². The molecule has 3 rings (SSSR count). The molecule has 1 aromatic carbocycles. The molecule has 2 saturated heterocycles. The fourth-order valence-electron chi connectivity index (χ4n) is 3.39. The Morgan fingerprint density at radius 1 is 1.07 bits per heavy atom. The second-order valence-electron chi connectivity index (χ2n) is 6.91. The maximum Gasteiger partial charge on any atom is 0.321 e. The van der Waals surface area contributed by atoms with Crippen molar-refractivity contribution in [1.29, 1.82) is 0 Å². The van der Waals surface area contributed by atoms with Crippen LogP contribution in [-0.4, -0.2) is 79.1 Å². The number of hydrogen-bond donors (Lipinski definition) is 1. The molecule has 2 aliphatic heterocycles. The van der Waals surface area contributed by atoms with Gasteiger partial charge in [-0.2, -0.15) is 0 Å². The molecule has 7 heteroatoms. The smallest absolute Gasteiger partial charge is 0.321 e. The Morgan fingerprint density at radius 3 is 2.52 bits per heavy atom. The summed E-state index contributed by atoms with van der Waals surface area (Å²) < 4.78 is 5.49. The molecule has 2 heterocycles. The molecule has 1 aromatic rings. The lowest BCUT2D eigenvalue weighted by molar-refractivity contribution is -0.131. The lowest BCUT2D eigenvalue weighted by atomic mass is 10.3. The standard InChI is InChI=1S/C20H28N4O3/c1-2-14-27-18-7-5-6-17(15-18)21-20(26)24-12-10-22(11-13-24)16-19(25)23-8-3-4-9-23/h2,5-7,15H,1,3-4,8-14,16H2,(H,21,26). The number of hydrogen-bond acceptors (Lipinski definition) is 4. The van der Waals surface area contributed by atoms with E-state index in [0.717, 1.165) is 39.0 Å². The maximum atomic E-state index is 12.5. The normalized spacial score (nSPS) is 17.6. The minimum Gasteiger partial charge on any atom is -0.489 e. The largest absolute Gasteiger partial charge is 0.489 e. The molecule has 1 N–H and O–H groups in total. The molecule has 0 radical (unpaired) electrons. The molecular weight excluding hydrogens is 344 g/mol. The van der Waals surface area contributed by atoms with E-state index in [1.807, 2.05) is 23.1 Å². The summed E-state index contributed by atoms with van der Waals surface area (Å²) in [6.45, 7) is 8.95. The zero-order valence-electron chi connectivity index (χ0n) is 15.7. The number of nitrogens with one attached hydrogen (secondary N) is 1. The van der Waals surface area contributed by atoms with Gasteiger partial charge in [0.05, 0.1) is 6.54 Å². The van der Waals surface area contributed by atoms with E-state index in [9.17, 15) is 9.59 Å². The van der Waals surface area contributed by atoms with Crippen LogP contribution in [0.3, 0.4) is 0 Å². The number of carbonyl (C=O) groups excluding carboxylic acids is 2. The molecule has 2 aliphatic rings. The first-order valence-electron chi connectivity index (χ1n) is 9.55. The van der Waals surface area contributed by atoms with Crippen LogP contribution < -0.4 is 10.1 Å². The number of ether oxygens (including phenoxy) is 1. The van der Waals surface area contributed by atoms with Crippen LogP contribution in [0, 0.1) is 0 Å². The number of nitrogens with zero attached hydrogens (tertiary/aromatic N) is 3. The van der Waals surface area contributed by atoms with Crippen LogP contribution in [0.25, 0.3) is 0 Å². The highest BCUT2D eigenvalue weighted by Crippen LogP contribution is 2.18. The van der Waals surface area contributed by atoms with Gasteiger partial charge in [0.2, 0.25) is 5.91 Å². The molecule has 146 valence electrons. The summed E-state index contributed by atoms with van der Waals surface area (Å²) in [4.78, 5) is 30.6. The average Bonchev–Trinajstić information content (AvgIpc) is 3.22. The number of anilines is 1. The Balaban J connectivity index is 1.44. The Labute approximate surface area is 160 Å². The summed E-state index contributed by atoms with van der Waals surface area (Å²) >= 11 is 0. The fraction of sp³-hybridized carbons (Fsp3) is 0.500. The van der Waals surface area contributed by atoms with Gasteiger partial charge in [-0.15, -0.1) is 0 Å². The minimum atomic E-state index is -0.124. The molecule has 0 atom stereocenters. The van der Waals surface area contributed by atoms with E-state index in [2.05, 4.69) is 16.8 Å². The van der Waals surface area contributed by atoms with Gasteiger partial charge in [-0.3, -0.25) is 9.69 Å². The second kappa shape index (κ2) is 9.41. The first-order valence-corrected chi connectivity index (χ1v) is 9.55. The maximum absolute atomic E-state index is 12.5. The number of amides is 3. The second-order valence-corrected chi connectivity index (χ2v) is 6.91. The molecule has 0 saturated carbocycles. The summed E-state index contributed by atoms with van der Waals surface area (Å²) in [5, 5.41) is 2.92. The van der Waals surface area contributed by atoms with Crippen LogP contribution in [-0.2, 0) is 4.79 Å². The van der Waals surface area contributed by atoms with Crippen LogP contribution in [0.4, 0.5) is 10.5 Å². The van der Waals surface area contributed by atoms with Crippen molar-refractivity contribution in [1.82, 2.24) is 14.7 Å². The number of carbonyl (C=O) groups is 2. The monoisotopic (exact) mass is 372 g/mol. The van der Waals surface area contributed by atoms with Gasteiger partial charge in [-0.1, -0.05) is 18.7 Å². The SMILES string of the molecule is C=CCOc1cccc(NC(=O)N2CCN(CC(=O)N3CCCC3)CC2)c1. The van der Waals surface area contributed by atoms with Crippen molar-refractivity contribution in [2.24, 2.45) is 0 Å². The highest BCUT2D eigenvalue weighted by molar-refractivity contribution is 5.89. The third-order valence-electron chi connectivity index (χ3n) is 4.93. The van der Waals surface area contributed by atoms with Crippen molar-refractivity contribution in [3.8, 4) is 5.75 Å². The predicted molar refractivity (Wildman–Crippen MR) is 105 cm³/mol. The van der Waals surface area contributed by atoms with E-state index in [0.29, 0.717) is 37.7 Å². The Morgan fingerprint density at radius 2 is 1.81 bits per heavy atom. The van der Waals surface area contributed by atoms with Gasteiger partial charge < -0.3 is 19.9 Å². The fourth-order valence-corrected chi connectivity index (χ4v) is 3.39. The highest BCUT2D eigenvalue weighted by atomic mass is 16.5. The molecule has 2 fully saturated rings. The molecule has 0 spiro atoms. The zero-order chi connectivity index (χ0) is 19.1. The Bertz CT molecular complexity index is 665. The van der Waals surface area contributed by atoms with Gasteiger partial charge in [0.25, 0.3) is 0 Å². The number of benzene rings is 1. The van der Waals surface area contributed by atoms with Gasteiger partial charge in [-0.25, -0.2) is 4.79 Å². The summed E-state index contributed by atoms with van der Waals surface area (Å²) in [6, 6.07) is 7.20. The van der Waals surface area contributed by atoms with Gasteiger partial charge >= 0.3 is 6.03 Å². The minimum absolute atomic E-state index is 0.124. The molecular formula is C20H28N4O3. The van der Waals surface area contributed by atoms with E-state index in [1.165, 1.54) is 0 Å². The first kappa shape index (κ1) is 19.2. The predicted octanol–water partition coefficient (Wildman–Crippen LogP) is 2.02. The lowest BCUT2D eigenvalue weighted by Crippen LogP contribution is -2.52. The van der Waals surface area contributed by atoms with Crippen molar-refractivity contribution in [3.05, 3.63) is 36.9 Å². The van der Waals surface area contributed by atoms with Crippen LogP contribution in [0.15, 0.2) is 36.9 Å². The van der Waals surface area contributed by atoms with Crippen molar-refractivity contribution in [3.63, 3.8) is 0 Å². The van der Waals surface area contributed by atoms with E-state index in [4.69, 9.17) is 4.74 Å². The van der Waals surface area contributed by atoms with Crippen molar-refractivity contribution < 1.29 is 14.3 Å². The summed E-state index contributed by atoms with van der Waals surface area (Å²) in [5.41, 5.74) is 0.702. The van der Waals surface area contributed by atoms with Crippen LogP contribution in [0.1, 0.15) is 12.8 Å². The van der Waals surface area contributed by atoms with Gasteiger partial charge in [0.1, 0.15) is 12.4 Å². The third-order valence-corrected chi connectivity index (χ3v) is 4.93. The molecule has 3 amide bonds. The van der Waals surface area contributed by atoms with E-state index in [-0.39, 0.29) is 11.9 Å². The topological polar surface area (TPSA) is 65.1 Å². The first-order chi connectivity index (χ1) is 13.2. The molecule has 27 heavy (non-hydrogen) atoms. The van der Waals surface area contributed by atoms with Crippen LogP contribution >= 0.6 is 0 Å². The quantitative estimate of drug-likeness (QED) is 0.776. The molecule has 0 aromatic heterocycles. The molecule has 0 bridgehead atoms. The van der Waals surface area contributed by atoms with E-state index in [1.54, 1.807) is 17.0 Å². The van der Waals surface area contributed by atoms with Crippen molar-refractivity contribution in [2.45, 2.75) is 12.8 Å². The van der Waals surface area contributed by atoms with Gasteiger partial charge in [-0.05, 0) is 25.0 Å². The summed E-state index contributed by atoms with van der Waals surface area (Å²) in [5.74, 6) is 0.902. The average molecular weight is 372 g/mol. The van der Waals surface area contributed by atoms with E-state index >= 15 is 0 Å². The van der Waals surface area contributed by atoms with Gasteiger partial charge in [0.15, 0.2) is 0 Å². The Kier molecular flexibility index (Phi) is 6.70. The number of piperazine rings is 1. The van der Waals surface area contributed by atoms with Crippen molar-refractivity contribution >= 4 is 17.6 Å². The molecule has 0 unspecified atom stereocenters. The van der Waals surface area contributed by atoms with Crippen LogP contribution in [0.5, 0.6) is 5.75 Å². The third kappa shape index (κ3) is 5.47. The van der Waals surface area contributed by atoms with Gasteiger partial charge in [0, 0.05) is 51.0 Å². The molecule has 7 nitrogen and oxygen atoms in total. The summed E-state index contributed by atoms with van der Waals surface area (Å²) in [6.07, 6.45) is 3.90. The Hall–Kier alpha value is -2.54. The zero-order valence-corrected chi connectivity index (χ0v) is 15.7. The lowest BCUT2D eigenvalue weighted by Gasteiger charge is -2.35. The number of rotatable bonds is 6. The van der Waals surface area contributed by atoms with Crippen molar-refractivity contribution in [2.75, 3.05) is 57.7 Å². The van der Waals surface area contributed by atoms with E-state index < -0.39 is 0 Å².